The number of alkyl halides is 1. The van der Waals surface area contributed by atoms with Gasteiger partial charge in [-0.2, -0.15) is 0 Å². The molecule has 0 amide bonds. The zero-order valence-electron chi connectivity index (χ0n) is 18.7. The maximum Gasteiger partial charge on any atom is 0.0792 e. The van der Waals surface area contributed by atoms with Gasteiger partial charge in [0, 0.05) is 11.8 Å². The standard InChI is InChI=1S/C24H51BrN/c1-4-6-8-10-12-14-16-18-22-26(3,24-20-21-25)23-19-17-15-13-11-9-7-5-2/h4-24H2,1-3H3/q+1. The molecule has 26 heavy (non-hydrogen) atoms. The van der Waals surface area contributed by atoms with E-state index in [0.29, 0.717) is 0 Å². The fourth-order valence-electron chi connectivity index (χ4n) is 4.03. The molecule has 0 aromatic carbocycles. The minimum Gasteiger partial charge on any atom is -0.326 e. The molecule has 2 heteroatoms. The van der Waals surface area contributed by atoms with E-state index in [2.05, 4.69) is 36.8 Å². The summed E-state index contributed by atoms with van der Waals surface area (Å²) in [4.78, 5) is 0. The summed E-state index contributed by atoms with van der Waals surface area (Å²) in [7, 11) is 2.52. The van der Waals surface area contributed by atoms with Gasteiger partial charge in [0.05, 0.1) is 26.7 Å². The van der Waals surface area contributed by atoms with Crippen LogP contribution in [0.1, 0.15) is 123 Å². The van der Waals surface area contributed by atoms with Crippen molar-refractivity contribution in [3.8, 4) is 0 Å². The van der Waals surface area contributed by atoms with E-state index in [0.717, 1.165) is 5.33 Å². The van der Waals surface area contributed by atoms with E-state index in [-0.39, 0.29) is 0 Å². The Morgan fingerprint density at radius 2 is 0.769 bits per heavy atom. The Labute approximate surface area is 175 Å². The molecule has 1 nitrogen and oxygen atoms in total. The largest absolute Gasteiger partial charge is 0.326 e. The Kier molecular flexibility index (Phi) is 20.5. The van der Waals surface area contributed by atoms with Crippen LogP contribution in [0.5, 0.6) is 0 Å². The summed E-state index contributed by atoms with van der Waals surface area (Å²) in [6, 6.07) is 0. The first kappa shape index (κ1) is 26.4. The second-order valence-electron chi connectivity index (χ2n) is 8.78. The van der Waals surface area contributed by atoms with Crippen molar-refractivity contribution in [2.45, 2.75) is 123 Å². The van der Waals surface area contributed by atoms with Gasteiger partial charge in [0.25, 0.3) is 0 Å². The van der Waals surface area contributed by atoms with Crippen LogP contribution in [0, 0.1) is 0 Å². The minimum absolute atomic E-state index is 1.16. The molecule has 0 bridgehead atoms. The molecule has 0 aromatic rings. The highest BCUT2D eigenvalue weighted by molar-refractivity contribution is 9.09. The Bertz CT molecular complexity index is 247. The zero-order valence-corrected chi connectivity index (χ0v) is 20.3. The van der Waals surface area contributed by atoms with Crippen molar-refractivity contribution in [2.24, 2.45) is 0 Å². The number of hydrogen-bond acceptors (Lipinski definition) is 0. The van der Waals surface area contributed by atoms with Gasteiger partial charge in [-0.3, -0.25) is 0 Å². The maximum absolute atomic E-state index is 3.64. The Hall–Kier alpha value is 0.440. The summed E-state index contributed by atoms with van der Waals surface area (Å²) >= 11 is 3.64. The molecule has 158 valence electrons. The molecule has 0 aliphatic carbocycles. The second-order valence-corrected chi connectivity index (χ2v) is 9.58. The van der Waals surface area contributed by atoms with Crippen molar-refractivity contribution in [1.29, 1.82) is 0 Å². The normalized spacial score (nSPS) is 12.0. The molecule has 0 saturated heterocycles. The molecular weight excluding hydrogens is 382 g/mol. The molecule has 0 N–H and O–H groups in total. The van der Waals surface area contributed by atoms with Gasteiger partial charge < -0.3 is 4.48 Å². The highest BCUT2D eigenvalue weighted by atomic mass is 79.9. The zero-order chi connectivity index (χ0) is 19.3. The van der Waals surface area contributed by atoms with Gasteiger partial charge in [0.1, 0.15) is 0 Å². The van der Waals surface area contributed by atoms with E-state index in [1.165, 1.54) is 133 Å². The average Bonchev–Trinajstić information content (AvgIpc) is 2.64. The van der Waals surface area contributed by atoms with Crippen molar-refractivity contribution in [3.05, 3.63) is 0 Å². The molecule has 0 rings (SSSR count). The van der Waals surface area contributed by atoms with E-state index in [1.807, 2.05) is 0 Å². The molecule has 0 atom stereocenters. The number of nitrogens with zero attached hydrogens (tertiary/aromatic N) is 1. The monoisotopic (exact) mass is 432 g/mol. The molecule has 0 aliphatic rings. The van der Waals surface area contributed by atoms with Gasteiger partial charge in [0.15, 0.2) is 0 Å². The highest BCUT2D eigenvalue weighted by Gasteiger charge is 2.19. The van der Waals surface area contributed by atoms with Crippen molar-refractivity contribution < 1.29 is 4.48 Å². The Balaban J connectivity index is 3.78. The first-order chi connectivity index (χ1) is 12.7. The maximum atomic E-state index is 3.64. The van der Waals surface area contributed by atoms with E-state index in [9.17, 15) is 0 Å². The Morgan fingerprint density at radius 3 is 1.12 bits per heavy atom. The summed E-state index contributed by atoms with van der Waals surface area (Å²) in [5.74, 6) is 0. The third kappa shape index (κ3) is 17.8. The third-order valence-corrected chi connectivity index (χ3v) is 6.50. The summed E-state index contributed by atoms with van der Waals surface area (Å²) in [6.45, 7) is 8.77. The summed E-state index contributed by atoms with van der Waals surface area (Å²) in [5.41, 5.74) is 0. The summed E-state index contributed by atoms with van der Waals surface area (Å²) in [6.07, 6.45) is 24.3. The summed E-state index contributed by atoms with van der Waals surface area (Å²) < 4.78 is 1.32. The van der Waals surface area contributed by atoms with Crippen LogP contribution in [-0.4, -0.2) is 36.5 Å². The molecular formula is C24H51BrN+. The fourth-order valence-corrected chi connectivity index (χ4v) is 4.28. The van der Waals surface area contributed by atoms with Crippen molar-refractivity contribution in [1.82, 2.24) is 0 Å². The molecule has 0 fully saturated rings. The third-order valence-electron chi connectivity index (χ3n) is 5.93. The van der Waals surface area contributed by atoms with Crippen LogP contribution in [0.25, 0.3) is 0 Å². The van der Waals surface area contributed by atoms with Crippen LogP contribution in [0.3, 0.4) is 0 Å². The number of quaternary nitrogens is 1. The lowest BCUT2D eigenvalue weighted by Gasteiger charge is -2.35. The highest BCUT2D eigenvalue weighted by Crippen LogP contribution is 2.15. The molecule has 0 unspecified atom stereocenters. The SMILES string of the molecule is CCCCCCCCCC[N+](C)(CCCBr)CCCCCCCCCC. The average molecular weight is 434 g/mol. The molecule has 0 aromatic heterocycles. The minimum atomic E-state index is 1.16. The van der Waals surface area contributed by atoms with Crippen molar-refractivity contribution in [2.75, 3.05) is 32.0 Å². The Morgan fingerprint density at radius 1 is 0.462 bits per heavy atom. The molecule has 0 radical (unpaired) electrons. The lowest BCUT2D eigenvalue weighted by atomic mass is 10.1. The predicted molar refractivity (Wildman–Crippen MR) is 124 cm³/mol. The van der Waals surface area contributed by atoms with Crippen LogP contribution in [0.4, 0.5) is 0 Å². The predicted octanol–water partition coefficient (Wildman–Crippen LogP) is 8.50. The second kappa shape index (κ2) is 20.2. The van der Waals surface area contributed by atoms with Crippen LogP contribution >= 0.6 is 15.9 Å². The van der Waals surface area contributed by atoms with Gasteiger partial charge in [-0.1, -0.05) is 107 Å². The first-order valence-corrected chi connectivity index (χ1v) is 13.2. The van der Waals surface area contributed by atoms with Crippen molar-refractivity contribution in [3.63, 3.8) is 0 Å². The van der Waals surface area contributed by atoms with E-state index >= 15 is 0 Å². The van der Waals surface area contributed by atoms with Gasteiger partial charge in [-0.25, -0.2) is 0 Å². The fraction of sp³-hybridized carbons (Fsp3) is 1.00. The number of unbranched alkanes of at least 4 members (excludes halogenated alkanes) is 14. The summed E-state index contributed by atoms with van der Waals surface area (Å²) in [5, 5.41) is 1.16. The quantitative estimate of drug-likeness (QED) is 0.0967. The number of rotatable bonds is 21. The molecule has 0 heterocycles. The van der Waals surface area contributed by atoms with E-state index < -0.39 is 0 Å². The van der Waals surface area contributed by atoms with E-state index in [1.54, 1.807) is 0 Å². The van der Waals surface area contributed by atoms with Crippen LogP contribution in [-0.2, 0) is 0 Å². The van der Waals surface area contributed by atoms with Crippen LogP contribution in [0.2, 0.25) is 0 Å². The van der Waals surface area contributed by atoms with E-state index in [4.69, 9.17) is 0 Å². The van der Waals surface area contributed by atoms with Gasteiger partial charge in [-0.15, -0.1) is 0 Å². The molecule has 0 saturated carbocycles. The molecule has 0 aliphatic heterocycles. The first-order valence-electron chi connectivity index (χ1n) is 12.1. The molecule has 0 spiro atoms. The number of hydrogen-bond donors (Lipinski definition) is 0. The lowest BCUT2D eigenvalue weighted by molar-refractivity contribution is -0.910. The topological polar surface area (TPSA) is 0 Å². The van der Waals surface area contributed by atoms with Crippen LogP contribution < -0.4 is 0 Å². The smallest absolute Gasteiger partial charge is 0.0792 e. The number of halogens is 1. The van der Waals surface area contributed by atoms with Crippen molar-refractivity contribution >= 4 is 15.9 Å². The van der Waals surface area contributed by atoms with Gasteiger partial charge >= 0.3 is 0 Å². The van der Waals surface area contributed by atoms with Gasteiger partial charge in [-0.05, 0) is 25.7 Å². The van der Waals surface area contributed by atoms with Crippen LogP contribution in [0.15, 0.2) is 0 Å². The van der Waals surface area contributed by atoms with Gasteiger partial charge in [0.2, 0.25) is 0 Å². The lowest BCUT2D eigenvalue weighted by Crippen LogP contribution is -2.46.